The average Bonchev–Trinajstić information content (AvgIpc) is 1.85. The highest BCUT2D eigenvalue weighted by Crippen LogP contribution is 2.00. The van der Waals surface area contributed by atoms with Gasteiger partial charge in [-0.25, -0.2) is 8.42 Å². The van der Waals surface area contributed by atoms with Gasteiger partial charge in [0.05, 0.1) is 5.75 Å². The molecule has 12 heavy (non-hydrogen) atoms. The van der Waals surface area contributed by atoms with Gasteiger partial charge in [-0.3, -0.25) is 4.79 Å². The Morgan fingerprint density at radius 1 is 1.33 bits per heavy atom. The number of allylic oxidation sites excluding steroid dienone is 1. The summed E-state index contributed by atoms with van der Waals surface area (Å²) in [4.78, 5) is 10.7. The van der Waals surface area contributed by atoms with Crippen LogP contribution < -0.4 is 0 Å². The van der Waals surface area contributed by atoms with Crippen molar-refractivity contribution in [1.82, 2.24) is 0 Å². The molecule has 4 heteroatoms. The summed E-state index contributed by atoms with van der Waals surface area (Å²) in [5.74, 6) is 1.02. The Morgan fingerprint density at radius 3 is 2.33 bits per heavy atom. The lowest BCUT2D eigenvalue weighted by molar-refractivity contribution is -0.114. The van der Waals surface area contributed by atoms with Crippen LogP contribution in [0.2, 0.25) is 0 Å². The summed E-state index contributed by atoms with van der Waals surface area (Å²) in [6.07, 6.45) is 2.54. The van der Waals surface area contributed by atoms with E-state index in [-0.39, 0.29) is 12.2 Å². The van der Waals surface area contributed by atoms with Crippen LogP contribution in [0.25, 0.3) is 0 Å². The van der Waals surface area contributed by atoms with Gasteiger partial charge >= 0.3 is 0 Å². The van der Waals surface area contributed by atoms with Crippen LogP contribution >= 0.6 is 0 Å². The summed E-state index contributed by atoms with van der Waals surface area (Å²) in [7, 11) is -3.52. The fourth-order valence-corrected chi connectivity index (χ4v) is 1.37. The van der Waals surface area contributed by atoms with Gasteiger partial charge in [0, 0.05) is 6.42 Å². The lowest BCUT2D eigenvalue weighted by atomic mass is 10.3. The summed E-state index contributed by atoms with van der Waals surface area (Å²) < 4.78 is 21.8. The highest BCUT2D eigenvalue weighted by Gasteiger charge is 2.15. The van der Waals surface area contributed by atoms with Crippen molar-refractivity contribution in [2.24, 2.45) is 0 Å². The minimum absolute atomic E-state index is 0.00360. The molecule has 2 radical (unpaired) electrons. The zero-order valence-electron chi connectivity index (χ0n) is 6.62. The Morgan fingerprint density at radius 2 is 1.92 bits per heavy atom. The first-order valence-electron chi connectivity index (χ1n) is 3.27. The van der Waals surface area contributed by atoms with E-state index in [0.29, 0.717) is 0 Å². The third kappa shape index (κ3) is 4.85. The fraction of sp³-hybridized carbons (Fsp3) is 0.250. The fourth-order valence-electron chi connectivity index (χ4n) is 0.543. The molecule has 0 aliphatic rings. The molecule has 0 aliphatic heterocycles. The first kappa shape index (κ1) is 11.1. The monoisotopic (exact) mass is 186 g/mol. The minimum Gasteiger partial charge on any atom is -0.297 e. The molecule has 0 N–H and O–H groups in total. The summed E-state index contributed by atoms with van der Waals surface area (Å²) in [5.41, 5.74) is 0. The van der Waals surface area contributed by atoms with Gasteiger partial charge in [0.2, 0.25) is 0 Å². The zero-order chi connectivity index (χ0) is 9.61. The maximum atomic E-state index is 10.9. The smallest absolute Gasteiger partial charge is 0.188 e. The van der Waals surface area contributed by atoms with Crippen molar-refractivity contribution >= 4 is 15.6 Å². The number of carbonyl (C=O) groups excluding carboxylic acids is 1. The molecule has 0 unspecified atom stereocenters. The van der Waals surface area contributed by atoms with Crippen LogP contribution in [-0.4, -0.2) is 20.0 Å². The Labute approximate surface area is 72.7 Å². The lowest BCUT2D eigenvalue weighted by Gasteiger charge is -1.95. The largest absolute Gasteiger partial charge is 0.297 e. The molecule has 0 aromatic heterocycles. The van der Waals surface area contributed by atoms with Gasteiger partial charge < -0.3 is 0 Å². The molecule has 0 amide bonds. The second kappa shape index (κ2) is 4.87. The van der Waals surface area contributed by atoms with Gasteiger partial charge in [-0.15, -0.1) is 13.2 Å². The molecule has 0 aromatic rings. The number of Topliss-reactive ketones (excluding diaryl/α,β-unsaturated/α-hetero) is 1. The van der Waals surface area contributed by atoms with E-state index in [1.165, 1.54) is 12.2 Å². The summed E-state index contributed by atoms with van der Waals surface area (Å²) in [5, 5.41) is 0. The van der Waals surface area contributed by atoms with Crippen LogP contribution in [-0.2, 0) is 14.6 Å². The second-order valence-corrected chi connectivity index (χ2v) is 3.86. The molecule has 0 aromatic carbocycles. The third-order valence-electron chi connectivity index (χ3n) is 0.936. The van der Waals surface area contributed by atoms with E-state index in [9.17, 15) is 13.2 Å². The van der Waals surface area contributed by atoms with Crippen LogP contribution in [0.1, 0.15) is 6.42 Å². The number of hydrogen-bond donors (Lipinski definition) is 0. The van der Waals surface area contributed by atoms with Crippen LogP contribution in [0.15, 0.2) is 25.3 Å². The summed E-state index contributed by atoms with van der Waals surface area (Å²) in [6.45, 7) is 6.55. The molecule has 66 valence electrons. The Kier molecular flexibility index (Phi) is 4.51. The number of sulfone groups is 1. The van der Waals surface area contributed by atoms with Gasteiger partial charge in [0.15, 0.2) is 21.4 Å². The molecular weight excluding hydrogens is 176 g/mol. The predicted octanol–water partition coefficient (Wildman–Crippen LogP) is 0.771. The maximum absolute atomic E-state index is 10.9. The van der Waals surface area contributed by atoms with Crippen molar-refractivity contribution in [2.75, 3.05) is 5.75 Å². The van der Waals surface area contributed by atoms with Crippen molar-refractivity contribution in [3.05, 3.63) is 31.1 Å². The number of rotatable bonds is 6. The molecule has 0 aliphatic carbocycles. The molecule has 0 spiro atoms. The van der Waals surface area contributed by atoms with E-state index < -0.39 is 15.6 Å². The van der Waals surface area contributed by atoms with Gasteiger partial charge in [-0.05, 0) is 0 Å². The molecule has 0 rings (SSSR count). The van der Waals surface area contributed by atoms with Crippen LogP contribution in [0.3, 0.4) is 0 Å². The number of hydrogen-bond acceptors (Lipinski definition) is 3. The lowest BCUT2D eigenvalue weighted by Crippen LogP contribution is -2.11. The minimum atomic E-state index is -3.52. The predicted molar refractivity (Wildman–Crippen MR) is 47.0 cm³/mol. The van der Waals surface area contributed by atoms with Gasteiger partial charge in [-0.1, -0.05) is 12.2 Å². The van der Waals surface area contributed by atoms with Crippen molar-refractivity contribution in [3.63, 3.8) is 0 Å². The normalized spacial score (nSPS) is 10.7. The number of ketones is 1. The Bertz CT molecular complexity index is 275. The van der Waals surface area contributed by atoms with Crippen molar-refractivity contribution < 1.29 is 13.2 Å². The third-order valence-corrected chi connectivity index (χ3v) is 2.15. The van der Waals surface area contributed by atoms with E-state index in [1.807, 2.05) is 5.75 Å². The molecule has 0 heterocycles. The van der Waals surface area contributed by atoms with Crippen molar-refractivity contribution in [3.8, 4) is 0 Å². The standard InChI is InChI=1S/C8H10O3S/c1-3-5-8(9)7-12(10,11)6-4-2/h3-4H,1-2,5-6H2. The zero-order valence-corrected chi connectivity index (χ0v) is 7.43. The second-order valence-electron chi connectivity index (χ2n) is 2.09. The van der Waals surface area contributed by atoms with Crippen LogP contribution in [0.5, 0.6) is 0 Å². The summed E-state index contributed by atoms with van der Waals surface area (Å²) in [6, 6.07) is 0. The van der Waals surface area contributed by atoms with Crippen molar-refractivity contribution in [1.29, 1.82) is 0 Å². The van der Waals surface area contributed by atoms with E-state index in [2.05, 4.69) is 13.2 Å². The van der Waals surface area contributed by atoms with Gasteiger partial charge in [-0.2, -0.15) is 0 Å². The van der Waals surface area contributed by atoms with E-state index >= 15 is 0 Å². The molecular formula is C8H10O3S. The average molecular weight is 186 g/mol. The quantitative estimate of drug-likeness (QED) is 0.576. The molecule has 0 saturated heterocycles. The van der Waals surface area contributed by atoms with Gasteiger partial charge in [0.1, 0.15) is 0 Å². The topological polar surface area (TPSA) is 51.2 Å². The highest BCUT2D eigenvalue weighted by molar-refractivity contribution is 7.94. The molecule has 3 nitrogen and oxygen atoms in total. The molecule has 0 bridgehead atoms. The Balaban J connectivity index is 4.15. The van der Waals surface area contributed by atoms with E-state index in [1.54, 1.807) is 0 Å². The van der Waals surface area contributed by atoms with Gasteiger partial charge in [0.25, 0.3) is 0 Å². The molecule has 0 atom stereocenters. The first-order chi connectivity index (χ1) is 5.52. The first-order valence-corrected chi connectivity index (χ1v) is 4.92. The molecule has 0 fully saturated rings. The van der Waals surface area contributed by atoms with E-state index in [4.69, 9.17) is 0 Å². The van der Waals surface area contributed by atoms with Crippen LogP contribution in [0.4, 0.5) is 0 Å². The molecule has 0 saturated carbocycles. The van der Waals surface area contributed by atoms with Crippen LogP contribution in [0, 0.1) is 5.75 Å². The maximum Gasteiger partial charge on any atom is 0.188 e. The summed E-state index contributed by atoms with van der Waals surface area (Å²) >= 11 is 0. The highest BCUT2D eigenvalue weighted by atomic mass is 32.2. The van der Waals surface area contributed by atoms with E-state index in [0.717, 1.165) is 0 Å². The van der Waals surface area contributed by atoms with Crippen molar-refractivity contribution in [2.45, 2.75) is 6.42 Å². The SMILES string of the molecule is C=CCC(=O)[C]S(=O)(=O)CC=C. The number of carbonyl (C=O) groups is 1. The Hall–Kier alpha value is -0.900.